The fourth-order valence-corrected chi connectivity index (χ4v) is 1.02. The Hall–Kier alpha value is -1.38. The van der Waals surface area contributed by atoms with Crippen LogP contribution in [-0.2, 0) is 4.79 Å². The van der Waals surface area contributed by atoms with Gasteiger partial charge in [-0.15, -0.1) is 10.2 Å². The number of halogens is 2. The molecule has 0 aliphatic heterocycles. The summed E-state index contributed by atoms with van der Waals surface area (Å²) < 4.78 is 25.7. The number of nitrogens with zero attached hydrogens (tertiary/aromatic N) is 3. The third-order valence-corrected chi connectivity index (χ3v) is 1.91. The molecule has 1 aromatic heterocycles. The first-order valence-electron chi connectivity index (χ1n) is 2.89. The zero-order chi connectivity index (χ0) is 10.1. The van der Waals surface area contributed by atoms with E-state index in [0.29, 0.717) is 4.68 Å². The van der Waals surface area contributed by atoms with E-state index < -0.39 is 11.2 Å². The predicted molar refractivity (Wildman–Crippen MR) is 38.6 cm³/mol. The Labute approximate surface area is 74.7 Å². The summed E-state index contributed by atoms with van der Waals surface area (Å²) in [5, 5.41) is 10.1. The molecule has 0 aliphatic rings. The summed E-state index contributed by atoms with van der Waals surface area (Å²) in [7, 11) is 0. The lowest BCUT2D eigenvalue weighted by molar-refractivity contribution is -0.152. The van der Waals surface area contributed by atoms with Crippen LogP contribution in [0.1, 0.15) is 0 Å². The first-order chi connectivity index (χ1) is 5.93. The normalized spacial score (nSPS) is 11.5. The molecule has 72 valence electrons. The second-order valence-corrected chi connectivity index (χ2v) is 3.03. The van der Waals surface area contributed by atoms with Gasteiger partial charge in [-0.05, 0) is 0 Å². The molecular weight excluding hydrogens is 206 g/mol. The second-order valence-electron chi connectivity index (χ2n) is 1.94. The number of alkyl halides is 2. The molecule has 0 saturated carbocycles. The van der Waals surface area contributed by atoms with Crippen LogP contribution in [0.25, 0.3) is 0 Å². The van der Waals surface area contributed by atoms with Crippen LogP contribution in [0.5, 0.6) is 0 Å². The molecule has 6 nitrogen and oxygen atoms in total. The average Bonchev–Trinajstić information content (AvgIpc) is 2.35. The topological polar surface area (TPSA) is 94.0 Å². The number of nitrogens with two attached hydrogens (primary N) is 1. The Morgan fingerprint density at radius 3 is 2.77 bits per heavy atom. The van der Waals surface area contributed by atoms with E-state index in [0.717, 1.165) is 6.33 Å². The van der Waals surface area contributed by atoms with Crippen LogP contribution in [0.3, 0.4) is 0 Å². The van der Waals surface area contributed by atoms with Crippen molar-refractivity contribution in [3.63, 3.8) is 0 Å². The molecule has 0 atom stereocenters. The highest BCUT2D eigenvalue weighted by atomic mass is 32.2. The van der Waals surface area contributed by atoms with Gasteiger partial charge in [0.1, 0.15) is 6.33 Å². The molecule has 3 N–H and O–H groups in total. The van der Waals surface area contributed by atoms with Gasteiger partial charge in [0.2, 0.25) is 5.16 Å². The van der Waals surface area contributed by atoms with E-state index in [1.165, 1.54) is 0 Å². The zero-order valence-electron chi connectivity index (χ0n) is 6.02. The molecular formula is C4H4F2N4O2S. The minimum absolute atomic E-state index is 0.281. The zero-order valence-corrected chi connectivity index (χ0v) is 6.83. The standard InChI is InChI=1S/C4H4F2N4O2S/c5-4(6,2(11)12)13-3-9-8-1-10(3)7/h1H,7H2,(H,11,12). The summed E-state index contributed by atoms with van der Waals surface area (Å²) in [6.07, 6.45) is 0.986. The maximum Gasteiger partial charge on any atom is 0.395 e. The highest BCUT2D eigenvalue weighted by Crippen LogP contribution is 2.33. The summed E-state index contributed by atoms with van der Waals surface area (Å²) in [5.74, 6) is 2.84. The number of hydrogen-bond donors (Lipinski definition) is 2. The van der Waals surface area contributed by atoms with E-state index in [4.69, 9.17) is 10.9 Å². The molecule has 1 aromatic rings. The number of aliphatic carboxylic acids is 1. The van der Waals surface area contributed by atoms with Gasteiger partial charge in [0.25, 0.3) is 0 Å². The Morgan fingerprint density at radius 2 is 2.38 bits per heavy atom. The van der Waals surface area contributed by atoms with Gasteiger partial charge in [0, 0.05) is 11.8 Å². The van der Waals surface area contributed by atoms with Crippen LogP contribution in [0.15, 0.2) is 11.5 Å². The molecule has 0 saturated heterocycles. The lowest BCUT2D eigenvalue weighted by Gasteiger charge is -2.08. The van der Waals surface area contributed by atoms with Crippen molar-refractivity contribution in [3.05, 3.63) is 6.33 Å². The smallest absolute Gasteiger partial charge is 0.395 e. The molecule has 9 heteroatoms. The summed E-state index contributed by atoms with van der Waals surface area (Å²) in [6, 6.07) is 0. The first kappa shape index (κ1) is 9.71. The van der Waals surface area contributed by atoms with Gasteiger partial charge >= 0.3 is 11.2 Å². The number of thioether (sulfide) groups is 1. The Kier molecular flexibility index (Phi) is 2.36. The Balaban J connectivity index is 2.80. The first-order valence-corrected chi connectivity index (χ1v) is 3.70. The van der Waals surface area contributed by atoms with E-state index in [1.807, 2.05) is 0 Å². The minimum Gasteiger partial charge on any atom is -0.476 e. The van der Waals surface area contributed by atoms with Gasteiger partial charge in [0.15, 0.2) is 0 Å². The Bertz CT molecular complexity index is 328. The van der Waals surface area contributed by atoms with Crippen molar-refractivity contribution in [2.75, 3.05) is 5.84 Å². The summed E-state index contributed by atoms with van der Waals surface area (Å²) in [6.45, 7) is 0. The van der Waals surface area contributed by atoms with Crippen LogP contribution >= 0.6 is 11.8 Å². The number of carbonyl (C=O) groups is 1. The Morgan fingerprint density at radius 1 is 1.77 bits per heavy atom. The number of hydrogen-bond acceptors (Lipinski definition) is 5. The van der Waals surface area contributed by atoms with E-state index in [9.17, 15) is 13.6 Å². The largest absolute Gasteiger partial charge is 0.476 e. The third-order valence-electron chi connectivity index (χ3n) is 1.01. The quantitative estimate of drug-likeness (QED) is 0.528. The van der Waals surface area contributed by atoms with Crippen LogP contribution in [0, 0.1) is 0 Å². The maximum absolute atomic E-state index is 12.5. The van der Waals surface area contributed by atoms with Crippen molar-refractivity contribution in [1.82, 2.24) is 14.9 Å². The van der Waals surface area contributed by atoms with Crippen molar-refractivity contribution in [2.45, 2.75) is 10.4 Å². The molecule has 13 heavy (non-hydrogen) atoms. The van der Waals surface area contributed by atoms with Crippen molar-refractivity contribution in [3.8, 4) is 0 Å². The molecule has 0 bridgehead atoms. The van der Waals surface area contributed by atoms with Crippen molar-refractivity contribution < 1.29 is 18.7 Å². The highest BCUT2D eigenvalue weighted by molar-refractivity contribution is 8.00. The lowest BCUT2D eigenvalue weighted by atomic mass is 10.7. The van der Waals surface area contributed by atoms with Gasteiger partial charge < -0.3 is 10.9 Å². The monoisotopic (exact) mass is 210 g/mol. The second kappa shape index (κ2) is 3.17. The number of carboxylic acids is 1. The van der Waals surface area contributed by atoms with Gasteiger partial charge in [-0.25, -0.2) is 9.47 Å². The maximum atomic E-state index is 12.5. The average molecular weight is 210 g/mol. The van der Waals surface area contributed by atoms with Crippen LogP contribution < -0.4 is 5.84 Å². The number of aromatic nitrogens is 3. The van der Waals surface area contributed by atoms with E-state index in [2.05, 4.69) is 10.2 Å². The molecule has 0 aromatic carbocycles. The molecule has 0 aliphatic carbocycles. The van der Waals surface area contributed by atoms with Crippen LogP contribution in [0.2, 0.25) is 0 Å². The van der Waals surface area contributed by atoms with Crippen molar-refractivity contribution in [1.29, 1.82) is 0 Å². The van der Waals surface area contributed by atoms with Gasteiger partial charge in [-0.2, -0.15) is 8.78 Å². The molecule has 1 rings (SSSR count). The number of rotatable bonds is 3. The number of carboxylic acid groups (broad SMARTS) is 1. The highest BCUT2D eigenvalue weighted by Gasteiger charge is 2.42. The van der Waals surface area contributed by atoms with Crippen molar-refractivity contribution in [2.24, 2.45) is 0 Å². The third kappa shape index (κ3) is 2.05. The molecule has 0 radical (unpaired) electrons. The van der Waals surface area contributed by atoms with Gasteiger partial charge in [-0.3, -0.25) is 0 Å². The summed E-state index contributed by atoms with van der Waals surface area (Å²) >= 11 is -0.281. The van der Waals surface area contributed by atoms with Gasteiger partial charge in [0.05, 0.1) is 0 Å². The lowest BCUT2D eigenvalue weighted by Crippen LogP contribution is -2.25. The van der Waals surface area contributed by atoms with Crippen LogP contribution in [0.4, 0.5) is 8.78 Å². The van der Waals surface area contributed by atoms with E-state index in [1.54, 1.807) is 0 Å². The molecule has 0 unspecified atom stereocenters. The van der Waals surface area contributed by atoms with Gasteiger partial charge in [-0.1, -0.05) is 0 Å². The molecule has 1 heterocycles. The predicted octanol–water partition coefficient (Wildman–Crippen LogP) is -0.239. The summed E-state index contributed by atoms with van der Waals surface area (Å²) in [5.41, 5.74) is 0. The SMILES string of the molecule is Nn1cnnc1SC(F)(F)C(=O)O. The molecule has 0 fully saturated rings. The van der Waals surface area contributed by atoms with Crippen LogP contribution in [-0.4, -0.2) is 31.2 Å². The molecule has 0 amide bonds. The number of nitrogen functional groups attached to an aromatic ring is 1. The fourth-order valence-electron chi connectivity index (χ4n) is 0.463. The fraction of sp³-hybridized carbons (Fsp3) is 0.250. The summed E-state index contributed by atoms with van der Waals surface area (Å²) in [4.78, 5) is 9.99. The molecule has 0 spiro atoms. The van der Waals surface area contributed by atoms with E-state index >= 15 is 0 Å². The van der Waals surface area contributed by atoms with E-state index in [-0.39, 0.29) is 16.9 Å². The van der Waals surface area contributed by atoms with Crippen molar-refractivity contribution >= 4 is 17.7 Å². The minimum atomic E-state index is -3.95.